The molecule has 92 valence electrons. The predicted molar refractivity (Wildman–Crippen MR) is 69.0 cm³/mol. The number of hydrogen-bond acceptors (Lipinski definition) is 4. The Morgan fingerprint density at radius 1 is 1.24 bits per heavy atom. The lowest BCUT2D eigenvalue weighted by molar-refractivity contribution is 0.411. The number of aromatic amines is 1. The first kappa shape index (κ1) is 11.8. The van der Waals surface area contributed by atoms with E-state index in [9.17, 15) is 0 Å². The Hall–Kier alpha value is -1.65. The third-order valence-electron chi connectivity index (χ3n) is 2.55. The minimum atomic E-state index is 0.229. The van der Waals surface area contributed by atoms with Gasteiger partial charge in [0.25, 0.3) is 0 Å². The van der Waals surface area contributed by atoms with Gasteiger partial charge in [0, 0.05) is 13.1 Å². The molecule has 2 aromatic rings. The van der Waals surface area contributed by atoms with Gasteiger partial charge in [0.1, 0.15) is 11.8 Å². The lowest BCUT2D eigenvalue weighted by Gasteiger charge is -2.29. The monoisotopic (exact) mass is 233 g/mol. The number of fused-ring (bicyclic) bond motifs is 1. The summed E-state index contributed by atoms with van der Waals surface area (Å²) in [6.07, 6.45) is 3.23. The van der Waals surface area contributed by atoms with Crippen molar-refractivity contribution in [1.29, 1.82) is 0 Å². The molecule has 0 bridgehead atoms. The zero-order chi connectivity index (χ0) is 12.5. The van der Waals surface area contributed by atoms with E-state index >= 15 is 0 Å². The number of anilines is 1. The molecule has 2 aromatic heterocycles. The highest BCUT2D eigenvalue weighted by atomic mass is 15.2. The number of imidazole rings is 1. The molecule has 1 N–H and O–H groups in total. The molecule has 0 atom stereocenters. The molecule has 0 aromatic carbocycles. The van der Waals surface area contributed by atoms with Crippen molar-refractivity contribution in [2.75, 3.05) is 18.0 Å². The van der Waals surface area contributed by atoms with Gasteiger partial charge in [0.05, 0.1) is 6.33 Å². The Bertz CT molecular complexity index is 497. The summed E-state index contributed by atoms with van der Waals surface area (Å²) in [6, 6.07) is 0. The van der Waals surface area contributed by atoms with Crippen molar-refractivity contribution in [2.45, 2.75) is 27.7 Å². The van der Waals surface area contributed by atoms with E-state index in [0.29, 0.717) is 0 Å². The van der Waals surface area contributed by atoms with Crippen LogP contribution in [-0.2, 0) is 0 Å². The topological polar surface area (TPSA) is 57.7 Å². The summed E-state index contributed by atoms with van der Waals surface area (Å²) in [7, 11) is 0. The predicted octanol–water partition coefficient (Wildman–Crippen LogP) is 2.23. The van der Waals surface area contributed by atoms with Crippen LogP contribution in [0.3, 0.4) is 0 Å². The van der Waals surface area contributed by atoms with Crippen molar-refractivity contribution in [2.24, 2.45) is 5.41 Å². The van der Waals surface area contributed by atoms with E-state index in [-0.39, 0.29) is 5.41 Å². The van der Waals surface area contributed by atoms with E-state index in [4.69, 9.17) is 0 Å². The minimum Gasteiger partial charge on any atom is -0.354 e. The fraction of sp³-hybridized carbons (Fsp3) is 0.583. The van der Waals surface area contributed by atoms with Crippen LogP contribution in [0.4, 0.5) is 5.82 Å². The quantitative estimate of drug-likeness (QED) is 0.883. The lowest BCUT2D eigenvalue weighted by atomic mass is 9.96. The zero-order valence-corrected chi connectivity index (χ0v) is 10.9. The first-order valence-electron chi connectivity index (χ1n) is 5.90. The number of aromatic nitrogens is 4. The number of H-pyrrole nitrogens is 1. The van der Waals surface area contributed by atoms with Crippen molar-refractivity contribution in [3.05, 3.63) is 12.7 Å². The second-order valence-corrected chi connectivity index (χ2v) is 5.37. The Morgan fingerprint density at radius 3 is 2.65 bits per heavy atom. The third-order valence-corrected chi connectivity index (χ3v) is 2.55. The maximum Gasteiger partial charge on any atom is 0.182 e. The molecule has 0 saturated heterocycles. The first-order valence-corrected chi connectivity index (χ1v) is 5.90. The summed E-state index contributed by atoms with van der Waals surface area (Å²) in [6.45, 7) is 10.7. The maximum absolute atomic E-state index is 4.38. The van der Waals surface area contributed by atoms with Crippen molar-refractivity contribution in [3.63, 3.8) is 0 Å². The molecule has 2 heterocycles. The van der Waals surface area contributed by atoms with Crippen LogP contribution in [0.15, 0.2) is 12.7 Å². The molecule has 17 heavy (non-hydrogen) atoms. The molecule has 0 amide bonds. The van der Waals surface area contributed by atoms with Crippen LogP contribution in [0, 0.1) is 5.41 Å². The van der Waals surface area contributed by atoms with E-state index in [0.717, 1.165) is 30.1 Å². The highest BCUT2D eigenvalue weighted by molar-refractivity contribution is 5.82. The maximum atomic E-state index is 4.38. The second-order valence-electron chi connectivity index (χ2n) is 5.37. The number of hydrogen-bond donors (Lipinski definition) is 1. The van der Waals surface area contributed by atoms with Gasteiger partial charge in [-0.25, -0.2) is 15.0 Å². The van der Waals surface area contributed by atoms with E-state index in [1.165, 1.54) is 0 Å². The third kappa shape index (κ3) is 2.54. The highest BCUT2D eigenvalue weighted by Gasteiger charge is 2.19. The van der Waals surface area contributed by atoms with Crippen LogP contribution in [0.2, 0.25) is 0 Å². The van der Waals surface area contributed by atoms with Crippen LogP contribution in [0.5, 0.6) is 0 Å². The van der Waals surface area contributed by atoms with E-state index in [2.05, 4.69) is 52.5 Å². The van der Waals surface area contributed by atoms with Gasteiger partial charge in [0.15, 0.2) is 11.5 Å². The molecule has 0 fully saturated rings. The highest BCUT2D eigenvalue weighted by Crippen LogP contribution is 2.23. The average molecular weight is 233 g/mol. The minimum absolute atomic E-state index is 0.229. The summed E-state index contributed by atoms with van der Waals surface area (Å²) in [4.78, 5) is 18.0. The zero-order valence-electron chi connectivity index (χ0n) is 10.9. The number of rotatable bonds is 3. The summed E-state index contributed by atoms with van der Waals surface area (Å²) in [5, 5.41) is 0. The molecule has 0 aliphatic heterocycles. The van der Waals surface area contributed by atoms with Crippen LogP contribution < -0.4 is 4.90 Å². The largest absolute Gasteiger partial charge is 0.354 e. The fourth-order valence-corrected chi connectivity index (χ4v) is 1.90. The molecule has 0 aliphatic carbocycles. The van der Waals surface area contributed by atoms with Crippen LogP contribution >= 0.6 is 0 Å². The lowest BCUT2D eigenvalue weighted by Crippen LogP contribution is -2.33. The van der Waals surface area contributed by atoms with Gasteiger partial charge in [-0.3, -0.25) is 0 Å². The first-order chi connectivity index (χ1) is 8.01. The number of nitrogens with one attached hydrogen (secondary N) is 1. The van der Waals surface area contributed by atoms with E-state index in [1.54, 1.807) is 12.7 Å². The molecule has 0 aliphatic rings. The molecule has 0 radical (unpaired) electrons. The van der Waals surface area contributed by atoms with Crippen LogP contribution in [0.1, 0.15) is 27.7 Å². The van der Waals surface area contributed by atoms with Gasteiger partial charge in [-0.2, -0.15) is 0 Å². The summed E-state index contributed by atoms with van der Waals surface area (Å²) < 4.78 is 0. The Kier molecular flexibility index (Phi) is 3.00. The van der Waals surface area contributed by atoms with Crippen molar-refractivity contribution in [1.82, 2.24) is 19.9 Å². The van der Waals surface area contributed by atoms with Crippen molar-refractivity contribution in [3.8, 4) is 0 Å². The molecule has 2 rings (SSSR count). The Labute approximate surface area is 101 Å². The SMILES string of the molecule is CCN(CC(C)(C)C)c1ncnc2nc[nH]c12. The van der Waals surface area contributed by atoms with Gasteiger partial charge in [-0.15, -0.1) is 0 Å². The molecule has 0 unspecified atom stereocenters. The second kappa shape index (κ2) is 4.31. The van der Waals surface area contributed by atoms with Crippen molar-refractivity contribution >= 4 is 17.0 Å². The molecule has 5 heteroatoms. The Balaban J connectivity index is 2.39. The van der Waals surface area contributed by atoms with E-state index in [1.807, 2.05) is 0 Å². The van der Waals surface area contributed by atoms with Gasteiger partial charge in [0.2, 0.25) is 0 Å². The van der Waals surface area contributed by atoms with Crippen LogP contribution in [-0.4, -0.2) is 33.0 Å². The number of nitrogens with zero attached hydrogens (tertiary/aromatic N) is 4. The van der Waals surface area contributed by atoms with Gasteiger partial charge >= 0.3 is 0 Å². The van der Waals surface area contributed by atoms with Gasteiger partial charge in [-0.1, -0.05) is 20.8 Å². The van der Waals surface area contributed by atoms with Gasteiger partial charge in [-0.05, 0) is 12.3 Å². The normalized spacial score (nSPS) is 12.0. The summed E-state index contributed by atoms with van der Waals surface area (Å²) >= 11 is 0. The van der Waals surface area contributed by atoms with E-state index < -0.39 is 0 Å². The Morgan fingerprint density at radius 2 is 2.00 bits per heavy atom. The molecule has 5 nitrogen and oxygen atoms in total. The fourth-order valence-electron chi connectivity index (χ4n) is 1.90. The van der Waals surface area contributed by atoms with Gasteiger partial charge < -0.3 is 9.88 Å². The smallest absolute Gasteiger partial charge is 0.182 e. The van der Waals surface area contributed by atoms with Crippen molar-refractivity contribution < 1.29 is 0 Å². The molecule has 0 spiro atoms. The summed E-state index contributed by atoms with van der Waals surface area (Å²) in [5.74, 6) is 0.935. The molecular formula is C12H19N5. The van der Waals surface area contributed by atoms with Crippen LogP contribution in [0.25, 0.3) is 11.2 Å². The standard InChI is InChI=1S/C12H19N5/c1-5-17(6-12(2,3)4)11-9-10(14-7-13-9)15-8-16-11/h7-8H,5-6H2,1-4H3,(H,13,14,15,16). The molecular weight excluding hydrogens is 214 g/mol. The summed E-state index contributed by atoms with van der Waals surface area (Å²) in [5.41, 5.74) is 1.87. The molecule has 0 saturated carbocycles. The average Bonchev–Trinajstić information content (AvgIpc) is 2.72.